The maximum atomic E-state index is 13.3. The van der Waals surface area contributed by atoms with Crippen LogP contribution in [0.25, 0.3) is 6.08 Å². The lowest BCUT2D eigenvalue weighted by Crippen LogP contribution is -2.21. The maximum absolute atomic E-state index is 13.3. The standard InChI is InChI=1S/C26H29ClN2O5/c1-5-9-22-20(14-17-15-21(27)24(33-7-3)23(16-17)32-6-2)25(30)29(28-22)19-12-10-18(11-13-19)26(31)34-8-4/h10-16H,5-9H2,1-4H3. The molecule has 0 aliphatic carbocycles. The fourth-order valence-electron chi connectivity index (χ4n) is 3.54. The van der Waals surface area contributed by atoms with Crippen LogP contribution < -0.4 is 14.5 Å². The first kappa shape index (κ1) is 25.3. The molecule has 3 rings (SSSR count). The monoisotopic (exact) mass is 484 g/mol. The average molecular weight is 485 g/mol. The van der Waals surface area contributed by atoms with Crippen LogP contribution in [0.3, 0.4) is 0 Å². The number of ether oxygens (including phenoxy) is 3. The minimum atomic E-state index is -0.407. The van der Waals surface area contributed by atoms with E-state index in [2.05, 4.69) is 5.10 Å². The number of hydrazone groups is 1. The van der Waals surface area contributed by atoms with Crippen molar-refractivity contribution in [3.63, 3.8) is 0 Å². The minimum absolute atomic E-state index is 0.254. The largest absolute Gasteiger partial charge is 0.490 e. The van der Waals surface area contributed by atoms with Crippen LogP contribution >= 0.6 is 11.6 Å². The van der Waals surface area contributed by atoms with E-state index in [1.807, 2.05) is 20.8 Å². The second kappa shape index (κ2) is 11.7. The summed E-state index contributed by atoms with van der Waals surface area (Å²) in [4.78, 5) is 25.3. The van der Waals surface area contributed by atoms with E-state index in [-0.39, 0.29) is 5.91 Å². The molecule has 0 unspecified atom stereocenters. The summed E-state index contributed by atoms with van der Waals surface area (Å²) in [5.74, 6) is 0.344. The quantitative estimate of drug-likeness (QED) is 0.310. The zero-order valence-corrected chi connectivity index (χ0v) is 20.6. The Hall–Kier alpha value is -3.32. The van der Waals surface area contributed by atoms with Crippen molar-refractivity contribution >= 4 is 41.0 Å². The van der Waals surface area contributed by atoms with Crippen LogP contribution in [0.2, 0.25) is 5.02 Å². The van der Waals surface area contributed by atoms with Gasteiger partial charge in [-0.05, 0) is 75.2 Å². The van der Waals surface area contributed by atoms with Crippen molar-refractivity contribution in [1.82, 2.24) is 0 Å². The van der Waals surface area contributed by atoms with Gasteiger partial charge in [-0.1, -0.05) is 24.9 Å². The Kier molecular flexibility index (Phi) is 8.71. The van der Waals surface area contributed by atoms with E-state index in [1.54, 1.807) is 49.4 Å². The topological polar surface area (TPSA) is 77.4 Å². The van der Waals surface area contributed by atoms with Gasteiger partial charge in [-0.3, -0.25) is 4.79 Å². The van der Waals surface area contributed by atoms with Crippen molar-refractivity contribution < 1.29 is 23.8 Å². The molecule has 0 aromatic heterocycles. The van der Waals surface area contributed by atoms with Gasteiger partial charge in [0.15, 0.2) is 11.5 Å². The van der Waals surface area contributed by atoms with Crippen LogP contribution in [0.4, 0.5) is 5.69 Å². The number of nitrogens with zero attached hydrogens (tertiary/aromatic N) is 2. The molecule has 0 saturated heterocycles. The Morgan fingerprint density at radius 3 is 2.35 bits per heavy atom. The molecule has 2 aromatic carbocycles. The molecule has 0 fully saturated rings. The Morgan fingerprint density at radius 1 is 1.03 bits per heavy atom. The van der Waals surface area contributed by atoms with E-state index in [1.165, 1.54) is 5.01 Å². The smallest absolute Gasteiger partial charge is 0.338 e. The Labute approximate surface area is 204 Å². The number of hydrogen-bond donors (Lipinski definition) is 0. The van der Waals surface area contributed by atoms with E-state index in [4.69, 9.17) is 25.8 Å². The molecular weight excluding hydrogens is 456 g/mol. The van der Waals surface area contributed by atoms with Gasteiger partial charge in [0.2, 0.25) is 0 Å². The summed E-state index contributed by atoms with van der Waals surface area (Å²) in [5, 5.41) is 6.33. The van der Waals surface area contributed by atoms with Gasteiger partial charge < -0.3 is 14.2 Å². The van der Waals surface area contributed by atoms with Gasteiger partial charge in [-0.2, -0.15) is 10.1 Å². The highest BCUT2D eigenvalue weighted by Crippen LogP contribution is 2.38. The van der Waals surface area contributed by atoms with Gasteiger partial charge in [0, 0.05) is 0 Å². The van der Waals surface area contributed by atoms with Crippen molar-refractivity contribution in [3.05, 3.63) is 58.1 Å². The highest BCUT2D eigenvalue weighted by molar-refractivity contribution is 6.34. The molecule has 34 heavy (non-hydrogen) atoms. The molecule has 8 heteroatoms. The SMILES string of the molecule is CCCC1=NN(c2ccc(C(=O)OCC)cc2)C(=O)C1=Cc1cc(Cl)c(OCC)c(OCC)c1. The summed E-state index contributed by atoms with van der Waals surface area (Å²) in [6.45, 7) is 8.74. The van der Waals surface area contributed by atoms with E-state index >= 15 is 0 Å². The zero-order chi connectivity index (χ0) is 24.7. The predicted octanol–water partition coefficient (Wildman–Crippen LogP) is 5.90. The molecule has 0 saturated carbocycles. The van der Waals surface area contributed by atoms with Crippen molar-refractivity contribution in [3.8, 4) is 11.5 Å². The number of anilines is 1. The number of carbonyl (C=O) groups excluding carboxylic acids is 2. The van der Waals surface area contributed by atoms with Crippen LogP contribution in [-0.2, 0) is 9.53 Å². The fourth-order valence-corrected chi connectivity index (χ4v) is 3.81. The molecule has 7 nitrogen and oxygen atoms in total. The van der Waals surface area contributed by atoms with Crippen molar-refractivity contribution in [2.24, 2.45) is 5.10 Å². The third-order valence-electron chi connectivity index (χ3n) is 5.00. The molecule has 0 bridgehead atoms. The molecule has 180 valence electrons. The van der Waals surface area contributed by atoms with E-state index in [0.717, 1.165) is 6.42 Å². The Bertz CT molecular complexity index is 1110. The van der Waals surface area contributed by atoms with Crippen molar-refractivity contribution in [2.75, 3.05) is 24.8 Å². The summed E-state index contributed by atoms with van der Waals surface area (Å²) in [5.41, 5.74) is 2.86. The Morgan fingerprint density at radius 2 is 1.74 bits per heavy atom. The van der Waals surface area contributed by atoms with E-state index < -0.39 is 5.97 Å². The predicted molar refractivity (Wildman–Crippen MR) is 134 cm³/mol. The summed E-state index contributed by atoms with van der Waals surface area (Å²) >= 11 is 6.46. The van der Waals surface area contributed by atoms with Crippen LogP contribution in [0, 0.1) is 0 Å². The van der Waals surface area contributed by atoms with Gasteiger partial charge in [0.25, 0.3) is 5.91 Å². The third kappa shape index (κ3) is 5.59. The Balaban J connectivity index is 1.96. The normalized spacial score (nSPS) is 14.4. The minimum Gasteiger partial charge on any atom is -0.490 e. The number of esters is 1. The summed E-state index contributed by atoms with van der Waals surface area (Å²) in [6, 6.07) is 10.2. The van der Waals surface area contributed by atoms with Crippen LogP contribution in [0.1, 0.15) is 56.5 Å². The van der Waals surface area contributed by atoms with Crippen LogP contribution in [0.15, 0.2) is 47.1 Å². The van der Waals surface area contributed by atoms with Gasteiger partial charge in [0.05, 0.1) is 47.4 Å². The molecule has 2 aromatic rings. The molecule has 0 atom stereocenters. The first-order valence-electron chi connectivity index (χ1n) is 11.4. The summed E-state index contributed by atoms with van der Waals surface area (Å²) in [6.07, 6.45) is 3.24. The zero-order valence-electron chi connectivity index (χ0n) is 19.9. The molecule has 0 radical (unpaired) electrons. The van der Waals surface area contributed by atoms with Gasteiger partial charge in [-0.25, -0.2) is 4.79 Å². The number of hydrogen-bond acceptors (Lipinski definition) is 6. The van der Waals surface area contributed by atoms with E-state index in [9.17, 15) is 9.59 Å². The molecule has 1 aliphatic heterocycles. The second-order valence-electron chi connectivity index (χ2n) is 7.44. The van der Waals surface area contributed by atoms with E-state index in [0.29, 0.717) is 70.9 Å². The first-order valence-corrected chi connectivity index (χ1v) is 11.8. The van der Waals surface area contributed by atoms with Crippen LogP contribution in [-0.4, -0.2) is 37.4 Å². The number of halogens is 1. The number of rotatable bonds is 10. The number of benzene rings is 2. The summed E-state index contributed by atoms with van der Waals surface area (Å²) in [7, 11) is 0. The molecule has 1 aliphatic rings. The van der Waals surface area contributed by atoms with Crippen molar-refractivity contribution in [1.29, 1.82) is 0 Å². The summed E-state index contributed by atoms with van der Waals surface area (Å²) < 4.78 is 16.4. The van der Waals surface area contributed by atoms with Gasteiger partial charge in [0.1, 0.15) is 0 Å². The van der Waals surface area contributed by atoms with Gasteiger partial charge in [-0.15, -0.1) is 0 Å². The average Bonchev–Trinajstić information content (AvgIpc) is 3.12. The molecule has 0 N–H and O–H groups in total. The molecular formula is C26H29ClN2O5. The number of carbonyl (C=O) groups is 2. The number of amides is 1. The van der Waals surface area contributed by atoms with Gasteiger partial charge >= 0.3 is 5.97 Å². The molecule has 0 spiro atoms. The van der Waals surface area contributed by atoms with Crippen LogP contribution in [0.5, 0.6) is 11.5 Å². The maximum Gasteiger partial charge on any atom is 0.338 e. The highest BCUT2D eigenvalue weighted by Gasteiger charge is 2.31. The third-order valence-corrected chi connectivity index (χ3v) is 5.28. The second-order valence-corrected chi connectivity index (χ2v) is 7.84. The lowest BCUT2D eigenvalue weighted by Gasteiger charge is -2.14. The molecule has 1 heterocycles. The molecule has 1 amide bonds. The lowest BCUT2D eigenvalue weighted by atomic mass is 10.0. The van der Waals surface area contributed by atoms with Crippen molar-refractivity contribution in [2.45, 2.75) is 40.5 Å². The fraction of sp³-hybridized carbons (Fsp3) is 0.346. The highest BCUT2D eigenvalue weighted by atomic mass is 35.5. The lowest BCUT2D eigenvalue weighted by molar-refractivity contribution is -0.114. The first-order chi connectivity index (χ1) is 16.4.